The smallest absolute Gasteiger partial charge is 0.295 e. The van der Waals surface area contributed by atoms with Gasteiger partial charge in [-0.05, 0) is 12.0 Å². The van der Waals surface area contributed by atoms with Gasteiger partial charge in [0.2, 0.25) is 0 Å². The molecule has 2 N–H and O–H groups in total. The number of hydrogen-bond acceptors (Lipinski definition) is 6. The molecule has 134 valence electrons. The van der Waals surface area contributed by atoms with Crippen molar-refractivity contribution in [3.8, 4) is 6.07 Å². The maximum atomic E-state index is 13.6. The van der Waals surface area contributed by atoms with Crippen molar-refractivity contribution >= 4 is 17.3 Å². The molecule has 1 aromatic rings. The summed E-state index contributed by atoms with van der Waals surface area (Å²) in [6.45, 7) is 5.59. The summed E-state index contributed by atoms with van der Waals surface area (Å²) in [6.07, 6.45) is 0. The molecule has 1 heterocycles. The third-order valence-corrected chi connectivity index (χ3v) is 4.31. The Morgan fingerprint density at radius 1 is 1.36 bits per heavy atom. The number of benzene rings is 1. The highest BCUT2D eigenvalue weighted by atomic mass is 19.1. The van der Waals surface area contributed by atoms with Gasteiger partial charge < -0.3 is 10.6 Å². The first-order chi connectivity index (χ1) is 11.8. The lowest BCUT2D eigenvalue weighted by Gasteiger charge is -2.38. The third-order valence-electron chi connectivity index (χ3n) is 4.31. The molecule has 0 unspecified atom stereocenters. The van der Waals surface area contributed by atoms with Gasteiger partial charge in [0, 0.05) is 26.2 Å². The first kappa shape index (κ1) is 18.6. The molecule has 0 spiro atoms. The highest BCUT2D eigenvalue weighted by molar-refractivity contribution is 6.01. The first-order valence-corrected chi connectivity index (χ1v) is 7.92. The Balaban J connectivity index is 2.16. The summed E-state index contributed by atoms with van der Waals surface area (Å²) >= 11 is 0. The second-order valence-corrected chi connectivity index (χ2v) is 6.29. The van der Waals surface area contributed by atoms with Crippen LogP contribution >= 0.6 is 0 Å². The van der Waals surface area contributed by atoms with Crippen LogP contribution < -0.4 is 5.73 Å². The van der Waals surface area contributed by atoms with Crippen LogP contribution in [0.5, 0.6) is 0 Å². The van der Waals surface area contributed by atoms with Crippen LogP contribution in [-0.2, 0) is 0 Å². The van der Waals surface area contributed by atoms with Gasteiger partial charge in [-0.1, -0.05) is 13.8 Å². The predicted octanol–water partition coefficient (Wildman–Crippen LogP) is 1.62. The van der Waals surface area contributed by atoms with E-state index in [1.54, 1.807) is 0 Å². The van der Waals surface area contributed by atoms with E-state index in [2.05, 4.69) is 6.07 Å². The zero-order chi connectivity index (χ0) is 18.7. The number of amides is 1. The number of halogens is 1. The van der Waals surface area contributed by atoms with Crippen molar-refractivity contribution in [3.05, 3.63) is 33.6 Å². The minimum Gasteiger partial charge on any atom is -0.393 e. The van der Waals surface area contributed by atoms with E-state index in [0.717, 1.165) is 6.07 Å². The number of piperazine rings is 1. The Morgan fingerprint density at radius 2 is 1.96 bits per heavy atom. The molecule has 0 bridgehead atoms. The zero-order valence-corrected chi connectivity index (χ0v) is 14.1. The first-order valence-electron chi connectivity index (χ1n) is 7.92. The van der Waals surface area contributed by atoms with Crippen molar-refractivity contribution in [2.24, 2.45) is 5.92 Å². The van der Waals surface area contributed by atoms with E-state index in [9.17, 15) is 24.6 Å². The Hall–Kier alpha value is -2.73. The molecule has 0 aromatic heterocycles. The molecule has 1 saturated heterocycles. The van der Waals surface area contributed by atoms with Gasteiger partial charge in [0.1, 0.15) is 17.5 Å². The summed E-state index contributed by atoms with van der Waals surface area (Å²) in [7, 11) is 0. The summed E-state index contributed by atoms with van der Waals surface area (Å²) < 4.78 is 13.6. The molecular formula is C16H20FN5O3. The molecule has 1 amide bonds. The number of nitrogens with two attached hydrogens (primary N) is 1. The van der Waals surface area contributed by atoms with Crippen LogP contribution in [0.4, 0.5) is 15.8 Å². The summed E-state index contributed by atoms with van der Waals surface area (Å²) in [5.74, 6) is -1.26. The van der Waals surface area contributed by atoms with E-state index in [1.165, 1.54) is 4.90 Å². The molecule has 0 radical (unpaired) electrons. The number of rotatable bonds is 4. The van der Waals surface area contributed by atoms with Gasteiger partial charge in [0.05, 0.1) is 22.6 Å². The van der Waals surface area contributed by atoms with Crippen LogP contribution in [0.15, 0.2) is 12.1 Å². The number of nitro groups is 1. The van der Waals surface area contributed by atoms with Gasteiger partial charge >= 0.3 is 0 Å². The molecule has 0 saturated carbocycles. The van der Waals surface area contributed by atoms with Crippen LogP contribution in [0.1, 0.15) is 24.2 Å². The lowest BCUT2D eigenvalue weighted by atomic mass is 10.0. The number of nitro benzene ring substituents is 1. The summed E-state index contributed by atoms with van der Waals surface area (Å²) in [5, 5.41) is 20.2. The fourth-order valence-corrected chi connectivity index (χ4v) is 2.96. The van der Waals surface area contributed by atoms with E-state index in [1.807, 2.05) is 18.7 Å². The molecule has 2 rings (SSSR count). The van der Waals surface area contributed by atoms with Crippen molar-refractivity contribution in [1.82, 2.24) is 9.80 Å². The normalized spacial score (nSPS) is 16.5. The molecule has 8 nitrogen and oxygen atoms in total. The molecule has 0 aliphatic carbocycles. The second-order valence-electron chi connectivity index (χ2n) is 6.29. The Labute approximate surface area is 144 Å². The van der Waals surface area contributed by atoms with Gasteiger partial charge in [-0.3, -0.25) is 19.8 Å². The largest absolute Gasteiger partial charge is 0.393 e. The standard InChI is InChI=1S/C16H20FN5O3/c1-10(2)14(9-18)20-3-5-21(6-4-20)16(23)12-7-11(17)8-13(15(12)19)22(24)25/h7-8,10,14H,3-6,19H2,1-2H3/t14-/m1/s1. The third kappa shape index (κ3) is 3.85. The maximum absolute atomic E-state index is 13.6. The van der Waals surface area contributed by atoms with Crippen molar-refractivity contribution < 1.29 is 14.1 Å². The van der Waals surface area contributed by atoms with Gasteiger partial charge in [-0.15, -0.1) is 0 Å². The van der Waals surface area contributed by atoms with E-state index < -0.39 is 22.3 Å². The Morgan fingerprint density at radius 3 is 2.44 bits per heavy atom. The van der Waals surface area contributed by atoms with Crippen LogP contribution in [-0.4, -0.2) is 52.9 Å². The highest BCUT2D eigenvalue weighted by Crippen LogP contribution is 2.28. The Bertz CT molecular complexity index is 723. The Kier molecular flexibility index (Phi) is 5.54. The van der Waals surface area contributed by atoms with Crippen molar-refractivity contribution in [3.63, 3.8) is 0 Å². The van der Waals surface area contributed by atoms with Crippen LogP contribution in [0.3, 0.4) is 0 Å². The molecule has 9 heteroatoms. The average molecular weight is 349 g/mol. The average Bonchev–Trinajstić information content (AvgIpc) is 2.56. The number of carbonyl (C=O) groups excluding carboxylic acids is 1. The summed E-state index contributed by atoms with van der Waals surface area (Å²) in [5.41, 5.74) is 4.52. The van der Waals surface area contributed by atoms with E-state index in [-0.39, 0.29) is 23.2 Å². The molecule has 1 fully saturated rings. The number of nitrogens with zero attached hydrogens (tertiary/aromatic N) is 4. The number of nitriles is 1. The lowest BCUT2D eigenvalue weighted by molar-refractivity contribution is -0.384. The van der Waals surface area contributed by atoms with E-state index in [0.29, 0.717) is 32.2 Å². The molecule has 1 atom stereocenters. The SMILES string of the molecule is CC(C)[C@@H](C#N)N1CCN(C(=O)c2cc(F)cc([N+](=O)[O-])c2N)CC1. The number of anilines is 1. The van der Waals surface area contributed by atoms with Crippen LogP contribution in [0.25, 0.3) is 0 Å². The monoisotopic (exact) mass is 349 g/mol. The van der Waals surface area contributed by atoms with Crippen LogP contribution in [0.2, 0.25) is 0 Å². The lowest BCUT2D eigenvalue weighted by Crippen LogP contribution is -2.52. The van der Waals surface area contributed by atoms with Crippen molar-refractivity contribution in [1.29, 1.82) is 5.26 Å². The van der Waals surface area contributed by atoms with Crippen molar-refractivity contribution in [2.45, 2.75) is 19.9 Å². The maximum Gasteiger partial charge on any atom is 0.295 e. The number of hydrogen-bond donors (Lipinski definition) is 1. The summed E-state index contributed by atoms with van der Waals surface area (Å²) in [6, 6.07) is 3.64. The van der Waals surface area contributed by atoms with E-state index >= 15 is 0 Å². The minimum absolute atomic E-state index is 0.161. The van der Waals surface area contributed by atoms with Gasteiger partial charge in [0.25, 0.3) is 11.6 Å². The molecular weight excluding hydrogens is 329 g/mol. The number of carbonyl (C=O) groups is 1. The zero-order valence-electron chi connectivity index (χ0n) is 14.1. The van der Waals surface area contributed by atoms with Gasteiger partial charge in [0.15, 0.2) is 0 Å². The molecule has 1 aliphatic rings. The predicted molar refractivity (Wildman–Crippen MR) is 89.2 cm³/mol. The summed E-state index contributed by atoms with van der Waals surface area (Å²) in [4.78, 5) is 26.2. The van der Waals surface area contributed by atoms with E-state index in [4.69, 9.17) is 5.73 Å². The highest BCUT2D eigenvalue weighted by Gasteiger charge is 2.30. The van der Waals surface area contributed by atoms with Gasteiger partial charge in [-0.25, -0.2) is 4.39 Å². The van der Waals surface area contributed by atoms with Crippen LogP contribution in [0, 0.1) is 33.2 Å². The molecule has 1 aromatic carbocycles. The number of nitrogen functional groups attached to an aromatic ring is 1. The quantitative estimate of drug-likeness (QED) is 0.501. The minimum atomic E-state index is -0.882. The fourth-order valence-electron chi connectivity index (χ4n) is 2.96. The van der Waals surface area contributed by atoms with Gasteiger partial charge in [-0.2, -0.15) is 5.26 Å². The fraction of sp³-hybridized carbons (Fsp3) is 0.500. The van der Waals surface area contributed by atoms with Crippen molar-refractivity contribution in [2.75, 3.05) is 31.9 Å². The topological polar surface area (TPSA) is 116 Å². The molecule has 25 heavy (non-hydrogen) atoms. The second kappa shape index (κ2) is 7.44. The molecule has 1 aliphatic heterocycles.